The Bertz CT molecular complexity index is 1730. The minimum absolute atomic E-state index is 0. The summed E-state index contributed by atoms with van der Waals surface area (Å²) in [5.41, 5.74) is 6.19. The van der Waals surface area contributed by atoms with E-state index in [0.29, 0.717) is 5.82 Å². The van der Waals surface area contributed by atoms with Crippen molar-refractivity contribution in [3.05, 3.63) is 71.8 Å². The molecular weight excluding hydrogens is 566 g/mol. The monoisotopic (exact) mass is 601 g/mol. The zero-order chi connectivity index (χ0) is 29.4. The second-order valence-electron chi connectivity index (χ2n) is 11.7. The highest BCUT2D eigenvalue weighted by atomic mass is 35.5. The summed E-state index contributed by atoms with van der Waals surface area (Å²) in [5.74, 6) is 1.04. The second-order valence-corrected chi connectivity index (χ2v) is 11.7. The molecule has 43 heavy (non-hydrogen) atoms. The molecule has 1 aliphatic rings. The number of halogens is 1. The maximum Gasteiger partial charge on any atom is 0.315 e. The number of carbonyl (C=O) groups excluding carboxylic acids is 1. The van der Waals surface area contributed by atoms with E-state index < -0.39 is 5.91 Å². The first-order valence-electron chi connectivity index (χ1n) is 14.2. The molecule has 0 radical (unpaired) electrons. The van der Waals surface area contributed by atoms with E-state index in [1.807, 2.05) is 52.9 Å². The summed E-state index contributed by atoms with van der Waals surface area (Å²) in [4.78, 5) is 36.6. The van der Waals surface area contributed by atoms with E-state index in [2.05, 4.69) is 64.9 Å². The van der Waals surface area contributed by atoms with Gasteiger partial charge in [0.25, 0.3) is 0 Å². The average molecular weight is 602 g/mol. The number of aromatic nitrogens is 6. The van der Waals surface area contributed by atoms with Crippen molar-refractivity contribution >= 4 is 35.2 Å². The third kappa shape index (κ3) is 6.23. The highest BCUT2D eigenvalue weighted by Gasteiger charge is 2.25. The van der Waals surface area contributed by atoms with Gasteiger partial charge in [-0.3, -0.25) is 4.79 Å². The van der Waals surface area contributed by atoms with Gasteiger partial charge in [-0.2, -0.15) is 4.98 Å². The molecule has 0 bridgehead atoms. The SMILES string of the molecule is Cc1cc(-c2ncnc3[nH]c(-c4ccc(N5CCNCC5)nc4)cc23)ccc1[C@@H](C)NC(=O)c1nc(C(C)(C)C)no1.Cl. The molecule has 0 aliphatic carbocycles. The minimum Gasteiger partial charge on any atom is -0.354 e. The number of aromatic amines is 1. The zero-order valence-corrected chi connectivity index (χ0v) is 25.7. The fraction of sp³-hybridized carbons (Fsp3) is 0.355. The quantitative estimate of drug-likeness (QED) is 0.245. The Labute approximate surface area is 256 Å². The van der Waals surface area contributed by atoms with Crippen molar-refractivity contribution in [1.29, 1.82) is 0 Å². The number of piperazine rings is 1. The van der Waals surface area contributed by atoms with Crippen LogP contribution in [0, 0.1) is 6.92 Å². The highest BCUT2D eigenvalue weighted by Crippen LogP contribution is 2.32. The predicted molar refractivity (Wildman–Crippen MR) is 169 cm³/mol. The van der Waals surface area contributed by atoms with Gasteiger partial charge < -0.3 is 25.0 Å². The third-order valence-electron chi connectivity index (χ3n) is 7.57. The fourth-order valence-corrected chi connectivity index (χ4v) is 5.22. The topological polar surface area (TPSA) is 138 Å². The Hall–Kier alpha value is -4.35. The van der Waals surface area contributed by atoms with Crippen molar-refractivity contribution in [2.45, 2.75) is 46.1 Å². The Morgan fingerprint density at radius 3 is 2.49 bits per heavy atom. The van der Waals surface area contributed by atoms with E-state index in [-0.39, 0.29) is 29.8 Å². The van der Waals surface area contributed by atoms with Crippen molar-refractivity contribution in [2.24, 2.45) is 0 Å². The van der Waals surface area contributed by atoms with Crippen LogP contribution in [0.4, 0.5) is 5.82 Å². The molecule has 1 atom stereocenters. The van der Waals surface area contributed by atoms with Crippen molar-refractivity contribution in [1.82, 2.24) is 40.7 Å². The molecule has 1 aromatic carbocycles. The van der Waals surface area contributed by atoms with E-state index in [4.69, 9.17) is 9.51 Å². The summed E-state index contributed by atoms with van der Waals surface area (Å²) in [7, 11) is 0. The summed E-state index contributed by atoms with van der Waals surface area (Å²) in [6.07, 6.45) is 3.48. The molecule has 224 valence electrons. The van der Waals surface area contributed by atoms with E-state index in [1.165, 1.54) is 0 Å². The Morgan fingerprint density at radius 2 is 1.81 bits per heavy atom. The molecule has 5 heterocycles. The molecular formula is C31H36ClN9O2. The number of nitrogens with one attached hydrogen (secondary N) is 3. The maximum atomic E-state index is 12.8. The minimum atomic E-state index is -0.401. The van der Waals surface area contributed by atoms with Gasteiger partial charge in [-0.25, -0.2) is 15.0 Å². The van der Waals surface area contributed by atoms with Gasteiger partial charge in [0.15, 0.2) is 5.82 Å². The number of nitrogens with zero attached hydrogens (tertiary/aromatic N) is 6. The molecule has 12 heteroatoms. The number of amides is 1. The second kappa shape index (κ2) is 12.1. The summed E-state index contributed by atoms with van der Waals surface area (Å²) in [6.45, 7) is 13.7. The molecule has 5 aromatic rings. The largest absolute Gasteiger partial charge is 0.354 e. The molecule has 1 amide bonds. The molecule has 0 unspecified atom stereocenters. The van der Waals surface area contributed by atoms with Crippen LogP contribution in [0.3, 0.4) is 0 Å². The van der Waals surface area contributed by atoms with Gasteiger partial charge in [0.1, 0.15) is 17.8 Å². The smallest absolute Gasteiger partial charge is 0.315 e. The molecule has 11 nitrogen and oxygen atoms in total. The van der Waals surface area contributed by atoms with Crippen molar-refractivity contribution in [3.8, 4) is 22.5 Å². The van der Waals surface area contributed by atoms with E-state index in [1.54, 1.807) is 6.33 Å². The van der Waals surface area contributed by atoms with Crippen LogP contribution in [0.1, 0.15) is 61.4 Å². The number of fused-ring (bicyclic) bond motifs is 1. The first-order chi connectivity index (χ1) is 20.2. The maximum absolute atomic E-state index is 12.8. The van der Waals surface area contributed by atoms with Gasteiger partial charge >= 0.3 is 11.8 Å². The molecule has 0 saturated carbocycles. The number of benzene rings is 1. The number of carbonyl (C=O) groups is 1. The zero-order valence-electron chi connectivity index (χ0n) is 24.9. The Kier molecular flexibility index (Phi) is 8.48. The van der Waals surface area contributed by atoms with Gasteiger partial charge in [0.2, 0.25) is 0 Å². The summed E-state index contributed by atoms with van der Waals surface area (Å²) >= 11 is 0. The van der Waals surface area contributed by atoms with Crippen LogP contribution < -0.4 is 15.5 Å². The molecule has 4 aromatic heterocycles. The normalized spacial score (nSPS) is 14.4. The van der Waals surface area contributed by atoms with E-state index in [0.717, 1.165) is 76.7 Å². The molecule has 0 spiro atoms. The van der Waals surface area contributed by atoms with Gasteiger partial charge in [-0.1, -0.05) is 38.1 Å². The van der Waals surface area contributed by atoms with Crippen LogP contribution in [0.5, 0.6) is 0 Å². The summed E-state index contributed by atoms with van der Waals surface area (Å²) in [5, 5.41) is 11.2. The van der Waals surface area contributed by atoms with Gasteiger partial charge in [-0.15, -0.1) is 12.4 Å². The van der Waals surface area contributed by atoms with Gasteiger partial charge in [0.05, 0.1) is 11.7 Å². The van der Waals surface area contributed by atoms with Crippen LogP contribution in [0.25, 0.3) is 33.5 Å². The van der Waals surface area contributed by atoms with Crippen LogP contribution in [-0.2, 0) is 5.41 Å². The summed E-state index contributed by atoms with van der Waals surface area (Å²) < 4.78 is 5.21. The average Bonchev–Trinajstić information content (AvgIpc) is 3.66. The van der Waals surface area contributed by atoms with Crippen LogP contribution >= 0.6 is 12.4 Å². The van der Waals surface area contributed by atoms with Crippen LogP contribution in [0.15, 0.2) is 53.4 Å². The van der Waals surface area contributed by atoms with Gasteiger partial charge in [0, 0.05) is 60.0 Å². The molecule has 6 rings (SSSR count). The van der Waals surface area contributed by atoms with E-state index >= 15 is 0 Å². The lowest BCUT2D eigenvalue weighted by Crippen LogP contribution is -2.43. The predicted octanol–water partition coefficient (Wildman–Crippen LogP) is 5.00. The number of anilines is 1. The number of aryl methyl sites for hydroxylation is 1. The van der Waals surface area contributed by atoms with Crippen LogP contribution in [-0.4, -0.2) is 62.2 Å². The van der Waals surface area contributed by atoms with Gasteiger partial charge in [-0.05, 0) is 49.2 Å². The standard InChI is InChI=1S/C31H35N9O2.ClH/c1-18-14-20(6-8-22(18)19(2)36-28(41)29-38-30(39-42-29)31(3,4)5)26-23-15-24(37-27(23)35-17-34-26)21-7-9-25(33-16-21)40-12-10-32-11-13-40;/h6-9,14-17,19,32H,10-13H2,1-5H3,(H,36,41)(H,34,35,37);1H/t19-;/m1./s1. The van der Waals surface area contributed by atoms with E-state index in [9.17, 15) is 4.79 Å². The van der Waals surface area contributed by atoms with Crippen molar-refractivity contribution in [3.63, 3.8) is 0 Å². The number of H-pyrrole nitrogens is 1. The number of hydrogen-bond acceptors (Lipinski definition) is 9. The fourth-order valence-electron chi connectivity index (χ4n) is 5.22. The highest BCUT2D eigenvalue weighted by molar-refractivity contribution is 5.94. The van der Waals surface area contributed by atoms with Crippen LogP contribution in [0.2, 0.25) is 0 Å². The molecule has 1 aliphatic heterocycles. The number of hydrogen-bond donors (Lipinski definition) is 3. The first kappa shape index (κ1) is 30.1. The molecule has 1 fully saturated rings. The first-order valence-corrected chi connectivity index (χ1v) is 14.2. The lowest BCUT2D eigenvalue weighted by Gasteiger charge is -2.28. The Morgan fingerprint density at radius 1 is 1.05 bits per heavy atom. The molecule has 3 N–H and O–H groups in total. The third-order valence-corrected chi connectivity index (χ3v) is 7.57. The lowest BCUT2D eigenvalue weighted by atomic mass is 9.96. The summed E-state index contributed by atoms with van der Waals surface area (Å²) in [6, 6.07) is 12.1. The van der Waals surface area contributed by atoms with Crippen molar-refractivity contribution in [2.75, 3.05) is 31.1 Å². The lowest BCUT2D eigenvalue weighted by molar-refractivity contribution is 0.0895. The van der Waals surface area contributed by atoms with Crippen molar-refractivity contribution < 1.29 is 9.32 Å². The Balaban J connectivity index is 0.00000368. The molecule has 1 saturated heterocycles. The number of pyridine rings is 1. The number of rotatable bonds is 6.